The van der Waals surface area contributed by atoms with Crippen molar-refractivity contribution in [3.8, 4) is 0 Å². The average Bonchev–Trinajstić information content (AvgIpc) is 2.12. The number of nitrogens with zero attached hydrogens (tertiary/aromatic N) is 1. The minimum atomic E-state index is -1.13. The maximum Gasteiger partial charge on any atom is 0.182 e. The lowest BCUT2D eigenvalue weighted by Gasteiger charge is -2.15. The largest absolute Gasteiger partial charge is 0.375 e. The Hall–Kier alpha value is -0.970. The molecule has 1 rings (SSSR count). The van der Waals surface area contributed by atoms with Crippen LogP contribution in [0.3, 0.4) is 0 Å². The number of carbonyl (C=O) groups is 1. The number of hydrogen-bond acceptors (Lipinski definition) is 2. The second kappa shape index (κ2) is 4.04. The molecule has 0 atom stereocenters. The summed E-state index contributed by atoms with van der Waals surface area (Å²) in [6.45, 7) is 0. The molecule has 5 heteroatoms. The average molecular weight is 264 g/mol. The van der Waals surface area contributed by atoms with Crippen LogP contribution in [0.5, 0.6) is 0 Å². The molecule has 0 bridgehead atoms. The number of rotatable bonds is 2. The SMILES string of the molecule is CN(C)c1cc(Br)c(C=O)c(F)c1F. The van der Waals surface area contributed by atoms with Gasteiger partial charge in [-0.15, -0.1) is 0 Å². The van der Waals surface area contributed by atoms with Crippen molar-refractivity contribution in [1.82, 2.24) is 0 Å². The fraction of sp³-hybridized carbons (Fsp3) is 0.222. The summed E-state index contributed by atoms with van der Waals surface area (Å²) < 4.78 is 26.7. The highest BCUT2D eigenvalue weighted by Crippen LogP contribution is 2.28. The van der Waals surface area contributed by atoms with E-state index in [0.29, 0.717) is 0 Å². The van der Waals surface area contributed by atoms with Gasteiger partial charge in [0.15, 0.2) is 17.9 Å². The highest BCUT2D eigenvalue weighted by molar-refractivity contribution is 9.10. The van der Waals surface area contributed by atoms with Crippen molar-refractivity contribution in [3.63, 3.8) is 0 Å². The lowest BCUT2D eigenvalue weighted by atomic mass is 10.2. The highest BCUT2D eigenvalue weighted by atomic mass is 79.9. The molecule has 0 aliphatic rings. The van der Waals surface area contributed by atoms with Crippen LogP contribution < -0.4 is 4.90 Å². The molecule has 0 fully saturated rings. The predicted molar refractivity (Wildman–Crippen MR) is 53.8 cm³/mol. The fourth-order valence-electron chi connectivity index (χ4n) is 1.03. The molecular weight excluding hydrogens is 256 g/mol. The molecule has 2 nitrogen and oxygen atoms in total. The van der Waals surface area contributed by atoms with Crippen LogP contribution in [0.15, 0.2) is 10.5 Å². The minimum Gasteiger partial charge on any atom is -0.375 e. The van der Waals surface area contributed by atoms with E-state index in [1.807, 2.05) is 0 Å². The van der Waals surface area contributed by atoms with Crippen LogP contribution in [0.2, 0.25) is 0 Å². The first-order valence-electron chi connectivity index (χ1n) is 3.79. The maximum atomic E-state index is 13.3. The Balaban J connectivity index is 3.47. The third kappa shape index (κ3) is 1.77. The van der Waals surface area contributed by atoms with E-state index in [1.165, 1.54) is 11.0 Å². The number of hydrogen-bond donors (Lipinski definition) is 0. The van der Waals surface area contributed by atoms with Gasteiger partial charge in [-0.25, -0.2) is 8.78 Å². The van der Waals surface area contributed by atoms with E-state index in [-0.39, 0.29) is 22.0 Å². The zero-order valence-corrected chi connectivity index (χ0v) is 9.23. The first-order chi connectivity index (χ1) is 6.49. The first-order valence-corrected chi connectivity index (χ1v) is 4.58. The molecule has 0 amide bonds. The number of carbonyl (C=O) groups excluding carboxylic acids is 1. The van der Waals surface area contributed by atoms with Gasteiger partial charge in [0.1, 0.15) is 0 Å². The van der Waals surface area contributed by atoms with Gasteiger partial charge in [0.25, 0.3) is 0 Å². The van der Waals surface area contributed by atoms with Gasteiger partial charge in [-0.05, 0) is 22.0 Å². The monoisotopic (exact) mass is 263 g/mol. The lowest BCUT2D eigenvalue weighted by molar-refractivity contribution is 0.111. The summed E-state index contributed by atoms with van der Waals surface area (Å²) in [6.07, 6.45) is 0.280. The second-order valence-electron chi connectivity index (χ2n) is 2.93. The number of anilines is 1. The molecule has 0 spiro atoms. The topological polar surface area (TPSA) is 20.3 Å². The molecule has 0 N–H and O–H groups in total. The molecule has 1 aromatic carbocycles. The molecular formula is C9H8BrF2NO. The zero-order valence-electron chi connectivity index (χ0n) is 7.64. The normalized spacial score (nSPS) is 10.1. The Morgan fingerprint density at radius 1 is 1.36 bits per heavy atom. The van der Waals surface area contributed by atoms with Crippen molar-refractivity contribution < 1.29 is 13.6 Å². The van der Waals surface area contributed by atoms with E-state index in [1.54, 1.807) is 14.1 Å². The third-order valence-electron chi connectivity index (χ3n) is 1.77. The van der Waals surface area contributed by atoms with E-state index in [2.05, 4.69) is 15.9 Å². The van der Waals surface area contributed by atoms with Gasteiger partial charge in [0.05, 0.1) is 11.3 Å². The second-order valence-corrected chi connectivity index (χ2v) is 3.79. The number of aldehydes is 1. The quantitative estimate of drug-likeness (QED) is 0.604. The van der Waals surface area contributed by atoms with Crippen molar-refractivity contribution in [2.24, 2.45) is 0 Å². The summed E-state index contributed by atoms with van der Waals surface area (Å²) in [5.41, 5.74) is -0.201. The molecule has 0 heterocycles. The molecule has 0 aliphatic carbocycles. The highest BCUT2D eigenvalue weighted by Gasteiger charge is 2.17. The van der Waals surface area contributed by atoms with E-state index in [4.69, 9.17) is 0 Å². The van der Waals surface area contributed by atoms with E-state index < -0.39 is 11.6 Å². The fourth-order valence-corrected chi connectivity index (χ4v) is 1.51. The van der Waals surface area contributed by atoms with E-state index in [0.717, 1.165) is 0 Å². The molecule has 0 aliphatic heterocycles. The van der Waals surface area contributed by atoms with Crippen LogP contribution in [0.4, 0.5) is 14.5 Å². The Morgan fingerprint density at radius 3 is 2.36 bits per heavy atom. The van der Waals surface area contributed by atoms with Crippen LogP contribution in [-0.2, 0) is 0 Å². The van der Waals surface area contributed by atoms with Crippen molar-refractivity contribution >= 4 is 27.9 Å². The van der Waals surface area contributed by atoms with Gasteiger partial charge >= 0.3 is 0 Å². The van der Waals surface area contributed by atoms with Crippen LogP contribution in [0.25, 0.3) is 0 Å². The van der Waals surface area contributed by atoms with Crippen molar-refractivity contribution in [2.75, 3.05) is 19.0 Å². The van der Waals surface area contributed by atoms with E-state index in [9.17, 15) is 13.6 Å². The standard InChI is InChI=1S/C9H8BrF2NO/c1-13(2)7-3-6(10)5(4-14)8(11)9(7)12/h3-4H,1-2H3. The Bertz CT molecular complexity index is 380. The van der Waals surface area contributed by atoms with Crippen LogP contribution in [0, 0.1) is 11.6 Å². The molecule has 76 valence electrons. The summed E-state index contributed by atoms with van der Waals surface area (Å²) in [4.78, 5) is 11.9. The minimum absolute atomic E-state index is 0.0972. The van der Waals surface area contributed by atoms with Gasteiger partial charge in [0, 0.05) is 18.6 Å². The van der Waals surface area contributed by atoms with Crippen molar-refractivity contribution in [3.05, 3.63) is 27.7 Å². The lowest BCUT2D eigenvalue weighted by Crippen LogP contribution is -2.12. The Kier molecular flexibility index (Phi) is 3.21. The molecule has 0 radical (unpaired) electrons. The summed E-state index contributed by atoms with van der Waals surface area (Å²) in [5.74, 6) is -2.14. The summed E-state index contributed by atoms with van der Waals surface area (Å²) in [7, 11) is 3.18. The summed E-state index contributed by atoms with van der Waals surface area (Å²) >= 11 is 3.00. The van der Waals surface area contributed by atoms with Gasteiger partial charge < -0.3 is 4.90 Å². The molecule has 0 aromatic heterocycles. The number of benzene rings is 1. The Morgan fingerprint density at radius 2 is 1.93 bits per heavy atom. The molecule has 0 unspecified atom stereocenters. The van der Waals surface area contributed by atoms with E-state index >= 15 is 0 Å². The van der Waals surface area contributed by atoms with Crippen molar-refractivity contribution in [1.29, 1.82) is 0 Å². The van der Waals surface area contributed by atoms with Gasteiger partial charge in [-0.2, -0.15) is 0 Å². The van der Waals surface area contributed by atoms with Crippen molar-refractivity contribution in [2.45, 2.75) is 0 Å². The maximum absolute atomic E-state index is 13.3. The first kappa shape index (κ1) is 11.1. The smallest absolute Gasteiger partial charge is 0.182 e. The molecule has 0 saturated heterocycles. The van der Waals surface area contributed by atoms with Crippen LogP contribution >= 0.6 is 15.9 Å². The van der Waals surface area contributed by atoms with Crippen LogP contribution in [0.1, 0.15) is 10.4 Å². The van der Waals surface area contributed by atoms with Gasteiger partial charge in [0.2, 0.25) is 0 Å². The zero-order chi connectivity index (χ0) is 10.9. The summed E-state index contributed by atoms with van der Waals surface area (Å²) in [5, 5.41) is 0. The van der Waals surface area contributed by atoms with Gasteiger partial charge in [-0.1, -0.05) is 0 Å². The Labute approximate surface area is 88.6 Å². The third-order valence-corrected chi connectivity index (χ3v) is 2.43. The predicted octanol–water partition coefficient (Wildman–Crippen LogP) is 2.61. The summed E-state index contributed by atoms with van der Waals surface area (Å²) in [6, 6.07) is 1.36. The molecule has 1 aromatic rings. The van der Waals surface area contributed by atoms with Gasteiger partial charge in [-0.3, -0.25) is 4.79 Å². The molecule has 14 heavy (non-hydrogen) atoms. The van der Waals surface area contributed by atoms with Crippen LogP contribution in [-0.4, -0.2) is 20.4 Å². The number of halogens is 3. The molecule has 0 saturated carbocycles.